The molecule has 70 valence electrons. The first-order valence-corrected chi connectivity index (χ1v) is 4.60. The fourth-order valence-electron chi connectivity index (χ4n) is 0.809. The van der Waals surface area contributed by atoms with Crippen LogP contribution in [0.1, 0.15) is 54.4 Å². The van der Waals surface area contributed by atoms with Gasteiger partial charge in [0.25, 0.3) is 0 Å². The van der Waals surface area contributed by atoms with E-state index in [-0.39, 0.29) is 5.41 Å². The molecule has 0 spiro atoms. The van der Waals surface area contributed by atoms with Crippen LogP contribution in [0.25, 0.3) is 0 Å². The Bertz CT molecular complexity index is 71.4. The number of alkyl halides is 1. The maximum atomic E-state index is 12.6. The summed E-state index contributed by atoms with van der Waals surface area (Å²) in [5, 5.41) is 0. The van der Waals surface area contributed by atoms with E-state index >= 15 is 0 Å². The van der Waals surface area contributed by atoms with E-state index in [1.54, 1.807) is 0 Å². The van der Waals surface area contributed by atoms with Gasteiger partial charge in [-0.2, -0.15) is 0 Å². The summed E-state index contributed by atoms with van der Waals surface area (Å²) in [5.74, 6) is 0. The molecule has 0 aromatic rings. The van der Waals surface area contributed by atoms with Crippen LogP contribution in [0.2, 0.25) is 0 Å². The lowest BCUT2D eigenvalue weighted by molar-refractivity contribution is 0.219. The third-order valence-corrected chi connectivity index (χ3v) is 1.28. The van der Waals surface area contributed by atoms with Crippen molar-refractivity contribution in [3.8, 4) is 0 Å². The number of hydrogen-bond acceptors (Lipinski definition) is 0. The van der Waals surface area contributed by atoms with Gasteiger partial charge in [0.15, 0.2) is 0 Å². The molecule has 1 unspecified atom stereocenters. The zero-order valence-electron chi connectivity index (χ0n) is 8.87. The molecule has 0 aliphatic rings. The van der Waals surface area contributed by atoms with Crippen molar-refractivity contribution in [2.45, 2.75) is 60.6 Å². The van der Waals surface area contributed by atoms with E-state index in [0.29, 0.717) is 12.8 Å². The van der Waals surface area contributed by atoms with Crippen LogP contribution in [0.4, 0.5) is 4.39 Å². The average Bonchev–Trinajstić information content (AvgIpc) is 1.89. The van der Waals surface area contributed by atoms with Crippen molar-refractivity contribution in [3.63, 3.8) is 0 Å². The summed E-state index contributed by atoms with van der Waals surface area (Å²) in [6.07, 6.45) is 0.728. The molecule has 0 rings (SSSR count). The summed E-state index contributed by atoms with van der Waals surface area (Å²) in [7, 11) is 0. The van der Waals surface area contributed by atoms with Gasteiger partial charge in [0, 0.05) is 0 Å². The van der Waals surface area contributed by atoms with Gasteiger partial charge in [-0.1, -0.05) is 41.5 Å². The summed E-state index contributed by atoms with van der Waals surface area (Å²) in [6, 6.07) is 0. The highest BCUT2D eigenvalue weighted by atomic mass is 19.1. The van der Waals surface area contributed by atoms with Crippen LogP contribution in [0.5, 0.6) is 0 Å². The summed E-state index contributed by atoms with van der Waals surface area (Å²) in [4.78, 5) is 0. The molecule has 0 saturated heterocycles. The number of halogens is 1. The smallest absolute Gasteiger partial charge is 0.100 e. The predicted octanol–water partition coefficient (Wildman–Crippen LogP) is 4.20. The molecule has 11 heavy (non-hydrogen) atoms. The standard InChI is InChI=1S/C8H17F.C2H6/c1-5-7(9)6-8(2,3)4;1-2/h7H,5-6H2,1-4H3;1-2H3. The molecular formula is C10H23F. The molecule has 1 heteroatoms. The maximum absolute atomic E-state index is 12.6. The normalized spacial score (nSPS) is 13.4. The molecule has 0 aromatic heterocycles. The second kappa shape index (κ2) is 6.63. The maximum Gasteiger partial charge on any atom is 0.100 e. The van der Waals surface area contributed by atoms with Crippen LogP contribution in [-0.2, 0) is 0 Å². The highest BCUT2D eigenvalue weighted by molar-refractivity contribution is 4.66. The monoisotopic (exact) mass is 162 g/mol. The molecule has 0 fully saturated rings. The Morgan fingerprint density at radius 2 is 1.55 bits per heavy atom. The van der Waals surface area contributed by atoms with E-state index in [9.17, 15) is 4.39 Å². The Morgan fingerprint density at radius 3 is 1.64 bits per heavy atom. The molecule has 0 aromatic carbocycles. The fraction of sp³-hybridized carbons (Fsp3) is 1.00. The second-order valence-electron chi connectivity index (χ2n) is 3.77. The molecule has 0 aliphatic heterocycles. The second-order valence-corrected chi connectivity index (χ2v) is 3.77. The molecule has 0 bridgehead atoms. The van der Waals surface area contributed by atoms with Gasteiger partial charge in [0.1, 0.15) is 6.17 Å². The van der Waals surface area contributed by atoms with Crippen LogP contribution in [0.15, 0.2) is 0 Å². The summed E-state index contributed by atoms with van der Waals surface area (Å²) in [6.45, 7) is 12.1. The molecule has 0 radical (unpaired) electrons. The van der Waals surface area contributed by atoms with E-state index in [4.69, 9.17) is 0 Å². The van der Waals surface area contributed by atoms with Crippen molar-refractivity contribution in [2.24, 2.45) is 5.41 Å². The van der Waals surface area contributed by atoms with Crippen LogP contribution >= 0.6 is 0 Å². The Balaban J connectivity index is 0. The van der Waals surface area contributed by atoms with Gasteiger partial charge in [-0.15, -0.1) is 0 Å². The van der Waals surface area contributed by atoms with Crippen molar-refractivity contribution < 1.29 is 4.39 Å². The van der Waals surface area contributed by atoms with Gasteiger partial charge in [-0.3, -0.25) is 0 Å². The van der Waals surface area contributed by atoms with Crippen LogP contribution in [0.3, 0.4) is 0 Å². The Labute approximate surface area is 71.2 Å². The number of hydrogen-bond donors (Lipinski definition) is 0. The third kappa shape index (κ3) is 13.0. The topological polar surface area (TPSA) is 0 Å². The van der Waals surface area contributed by atoms with Crippen molar-refractivity contribution in [1.29, 1.82) is 0 Å². The summed E-state index contributed by atoms with van der Waals surface area (Å²) < 4.78 is 12.6. The van der Waals surface area contributed by atoms with Crippen molar-refractivity contribution in [2.75, 3.05) is 0 Å². The zero-order chi connectivity index (χ0) is 9.49. The molecule has 0 saturated carbocycles. The van der Waals surface area contributed by atoms with E-state index in [1.807, 2.05) is 20.8 Å². The Morgan fingerprint density at radius 1 is 1.18 bits per heavy atom. The largest absolute Gasteiger partial charge is 0.247 e. The first-order valence-electron chi connectivity index (χ1n) is 4.60. The van der Waals surface area contributed by atoms with E-state index < -0.39 is 6.17 Å². The molecule has 1 atom stereocenters. The molecule has 0 heterocycles. The minimum Gasteiger partial charge on any atom is -0.247 e. The van der Waals surface area contributed by atoms with Gasteiger partial charge in [0.05, 0.1) is 0 Å². The quantitative estimate of drug-likeness (QED) is 0.571. The highest BCUT2D eigenvalue weighted by Crippen LogP contribution is 2.23. The number of rotatable bonds is 2. The van der Waals surface area contributed by atoms with Crippen LogP contribution < -0.4 is 0 Å². The Kier molecular flexibility index (Phi) is 8.14. The highest BCUT2D eigenvalue weighted by Gasteiger charge is 2.15. The third-order valence-electron chi connectivity index (χ3n) is 1.28. The van der Waals surface area contributed by atoms with Crippen molar-refractivity contribution >= 4 is 0 Å². The van der Waals surface area contributed by atoms with E-state index in [0.717, 1.165) is 0 Å². The van der Waals surface area contributed by atoms with Gasteiger partial charge in [-0.25, -0.2) is 4.39 Å². The average molecular weight is 162 g/mol. The van der Waals surface area contributed by atoms with Gasteiger partial charge in [0.2, 0.25) is 0 Å². The predicted molar refractivity (Wildman–Crippen MR) is 50.6 cm³/mol. The minimum absolute atomic E-state index is 0.148. The molecule has 0 amide bonds. The molecule has 0 N–H and O–H groups in total. The lowest BCUT2D eigenvalue weighted by Crippen LogP contribution is -2.12. The van der Waals surface area contributed by atoms with Gasteiger partial charge >= 0.3 is 0 Å². The first-order chi connectivity index (χ1) is 4.95. The Hall–Kier alpha value is -0.0700. The zero-order valence-corrected chi connectivity index (χ0v) is 8.87. The van der Waals surface area contributed by atoms with Crippen LogP contribution in [0, 0.1) is 5.41 Å². The minimum atomic E-state index is -0.606. The fourth-order valence-corrected chi connectivity index (χ4v) is 0.809. The lowest BCUT2D eigenvalue weighted by atomic mass is 9.89. The van der Waals surface area contributed by atoms with Gasteiger partial charge in [-0.05, 0) is 18.3 Å². The molecule has 0 nitrogen and oxygen atoms in total. The molecular weight excluding hydrogens is 139 g/mol. The molecule has 0 aliphatic carbocycles. The summed E-state index contributed by atoms with van der Waals surface area (Å²) >= 11 is 0. The first kappa shape index (κ1) is 13.5. The van der Waals surface area contributed by atoms with Crippen molar-refractivity contribution in [3.05, 3.63) is 0 Å². The lowest BCUT2D eigenvalue weighted by Gasteiger charge is -2.19. The van der Waals surface area contributed by atoms with Gasteiger partial charge < -0.3 is 0 Å². The summed E-state index contributed by atoms with van der Waals surface area (Å²) in [5.41, 5.74) is 0.148. The van der Waals surface area contributed by atoms with E-state index in [1.165, 1.54) is 0 Å². The van der Waals surface area contributed by atoms with E-state index in [2.05, 4.69) is 20.8 Å². The van der Waals surface area contributed by atoms with Crippen molar-refractivity contribution in [1.82, 2.24) is 0 Å². The SMILES string of the molecule is CC.CCC(F)CC(C)(C)C. The van der Waals surface area contributed by atoms with Crippen LogP contribution in [-0.4, -0.2) is 6.17 Å².